The van der Waals surface area contributed by atoms with Crippen LogP contribution in [-0.2, 0) is 14.3 Å². The molecular formula is C21H35NO3. The molecule has 0 aromatic heterocycles. The number of nitrogens with zero attached hydrogens (tertiary/aromatic N) is 1. The van der Waals surface area contributed by atoms with Gasteiger partial charge in [-0.2, -0.15) is 0 Å². The molecule has 3 unspecified atom stereocenters. The molecule has 2 aliphatic rings. The molecular weight excluding hydrogens is 314 g/mol. The van der Waals surface area contributed by atoms with E-state index in [0.29, 0.717) is 6.42 Å². The molecule has 0 aromatic rings. The smallest absolute Gasteiger partial charge is 0.160 e. The number of carbonyl (C=O) groups is 1. The van der Waals surface area contributed by atoms with Crippen molar-refractivity contribution in [2.24, 2.45) is 5.92 Å². The number of rotatable bonds is 9. The van der Waals surface area contributed by atoms with Crippen molar-refractivity contribution in [1.82, 2.24) is 4.90 Å². The largest absolute Gasteiger partial charge is 0.383 e. The molecule has 3 atom stereocenters. The fourth-order valence-corrected chi connectivity index (χ4v) is 3.52. The van der Waals surface area contributed by atoms with Crippen molar-refractivity contribution in [1.29, 1.82) is 0 Å². The first kappa shape index (κ1) is 20.2. The number of allylic oxidation sites excluding steroid dienone is 2. The molecule has 0 N–H and O–H groups in total. The van der Waals surface area contributed by atoms with Gasteiger partial charge in [0, 0.05) is 44.8 Å². The average Bonchev–Trinajstić information content (AvgIpc) is 2.93. The molecule has 25 heavy (non-hydrogen) atoms. The lowest BCUT2D eigenvalue weighted by Crippen LogP contribution is -2.27. The van der Waals surface area contributed by atoms with Crippen LogP contribution in [0.25, 0.3) is 0 Å². The Kier molecular flexibility index (Phi) is 8.70. The maximum Gasteiger partial charge on any atom is 0.160 e. The lowest BCUT2D eigenvalue weighted by atomic mass is 10.0. The van der Waals surface area contributed by atoms with E-state index in [4.69, 9.17) is 9.47 Å². The van der Waals surface area contributed by atoms with Crippen LogP contribution in [-0.4, -0.2) is 43.8 Å². The van der Waals surface area contributed by atoms with Crippen LogP contribution in [0, 0.1) is 5.92 Å². The fourth-order valence-electron chi connectivity index (χ4n) is 3.52. The lowest BCUT2D eigenvalue weighted by Gasteiger charge is -2.26. The van der Waals surface area contributed by atoms with E-state index in [-0.39, 0.29) is 24.1 Å². The molecule has 2 rings (SSSR count). The number of hydrogen-bond donors (Lipinski definition) is 0. The molecule has 0 spiro atoms. The number of ether oxygens (including phenoxy) is 2. The normalized spacial score (nSPS) is 27.3. The van der Waals surface area contributed by atoms with Gasteiger partial charge < -0.3 is 14.4 Å². The number of unbranched alkanes of at least 4 members (excludes halogenated alkanes) is 2. The summed E-state index contributed by atoms with van der Waals surface area (Å²) in [7, 11) is 3.94. The predicted molar refractivity (Wildman–Crippen MR) is 101 cm³/mol. The fraction of sp³-hybridized carbons (Fsp3) is 0.762. The first-order valence-corrected chi connectivity index (χ1v) is 9.97. The second-order valence-corrected chi connectivity index (χ2v) is 7.47. The summed E-state index contributed by atoms with van der Waals surface area (Å²) in [5.41, 5.74) is 0.933. The molecule has 1 aliphatic carbocycles. The standard InChI is InChI=1S/C21H35NO3/c1-4-5-6-9-18(25-21-10-7-8-15-24-21)13-11-17-12-14-20(23)19(17)16-22(2)3/h11,13,16-18,21H,4-10,12,14-15H2,1-3H3/b13-11?,19-16+. The van der Waals surface area contributed by atoms with Gasteiger partial charge in [-0.25, -0.2) is 0 Å². The van der Waals surface area contributed by atoms with Gasteiger partial charge in [0.25, 0.3) is 0 Å². The molecule has 4 heteroatoms. The topological polar surface area (TPSA) is 38.8 Å². The van der Waals surface area contributed by atoms with Crippen LogP contribution in [0.1, 0.15) is 64.7 Å². The van der Waals surface area contributed by atoms with E-state index < -0.39 is 0 Å². The van der Waals surface area contributed by atoms with Crippen molar-refractivity contribution in [3.63, 3.8) is 0 Å². The van der Waals surface area contributed by atoms with Crippen LogP contribution in [0.3, 0.4) is 0 Å². The van der Waals surface area contributed by atoms with Gasteiger partial charge in [0.1, 0.15) is 0 Å². The summed E-state index contributed by atoms with van der Waals surface area (Å²) in [4.78, 5) is 14.1. The first-order chi connectivity index (χ1) is 12.1. The predicted octanol–water partition coefficient (Wildman–Crippen LogP) is 4.46. The Morgan fingerprint density at radius 3 is 2.80 bits per heavy atom. The first-order valence-electron chi connectivity index (χ1n) is 9.97. The van der Waals surface area contributed by atoms with Gasteiger partial charge in [0.15, 0.2) is 12.1 Å². The lowest BCUT2D eigenvalue weighted by molar-refractivity contribution is -0.179. The Labute approximate surface area is 153 Å². The van der Waals surface area contributed by atoms with Gasteiger partial charge in [-0.05, 0) is 32.1 Å². The number of hydrogen-bond acceptors (Lipinski definition) is 4. The van der Waals surface area contributed by atoms with Gasteiger partial charge in [-0.3, -0.25) is 4.79 Å². The molecule has 0 bridgehead atoms. The molecule has 0 radical (unpaired) electrons. The van der Waals surface area contributed by atoms with Crippen molar-refractivity contribution in [3.05, 3.63) is 23.9 Å². The van der Waals surface area contributed by atoms with Crippen LogP contribution >= 0.6 is 0 Å². The van der Waals surface area contributed by atoms with Crippen LogP contribution in [0.2, 0.25) is 0 Å². The minimum Gasteiger partial charge on any atom is -0.383 e. The van der Waals surface area contributed by atoms with Crippen LogP contribution < -0.4 is 0 Å². The summed E-state index contributed by atoms with van der Waals surface area (Å²) in [6.45, 7) is 3.03. The van der Waals surface area contributed by atoms with Gasteiger partial charge in [0.2, 0.25) is 0 Å². The van der Waals surface area contributed by atoms with E-state index >= 15 is 0 Å². The number of ketones is 1. The van der Waals surface area contributed by atoms with Crippen molar-refractivity contribution in [3.8, 4) is 0 Å². The molecule has 1 saturated carbocycles. The molecule has 1 heterocycles. The summed E-state index contributed by atoms with van der Waals surface area (Å²) in [5, 5.41) is 0. The second-order valence-electron chi connectivity index (χ2n) is 7.47. The Balaban J connectivity index is 1.97. The second kappa shape index (κ2) is 10.8. The summed E-state index contributed by atoms with van der Waals surface area (Å²) >= 11 is 0. The van der Waals surface area contributed by atoms with E-state index in [2.05, 4.69) is 19.1 Å². The highest BCUT2D eigenvalue weighted by molar-refractivity contribution is 5.98. The molecule has 0 amide bonds. The highest BCUT2D eigenvalue weighted by Crippen LogP contribution is 2.30. The van der Waals surface area contributed by atoms with Crippen molar-refractivity contribution in [2.45, 2.75) is 77.1 Å². The Hall–Kier alpha value is -1.13. The molecule has 1 saturated heterocycles. The molecule has 2 fully saturated rings. The number of Topliss-reactive ketones (excluding diaryl/α,β-unsaturated/α-hetero) is 1. The van der Waals surface area contributed by atoms with E-state index in [9.17, 15) is 4.79 Å². The number of carbonyl (C=O) groups excluding carboxylic acids is 1. The molecule has 4 nitrogen and oxygen atoms in total. The quantitative estimate of drug-likeness (QED) is 0.350. The van der Waals surface area contributed by atoms with Gasteiger partial charge >= 0.3 is 0 Å². The zero-order valence-corrected chi connectivity index (χ0v) is 16.2. The minimum absolute atomic E-state index is 0.0629. The van der Waals surface area contributed by atoms with Crippen LogP contribution in [0.5, 0.6) is 0 Å². The zero-order chi connectivity index (χ0) is 18.1. The third-order valence-corrected chi connectivity index (χ3v) is 4.92. The van der Waals surface area contributed by atoms with Crippen LogP contribution in [0.4, 0.5) is 0 Å². The summed E-state index contributed by atoms with van der Waals surface area (Å²) in [5.74, 6) is 0.502. The molecule has 1 aliphatic heterocycles. The third-order valence-electron chi connectivity index (χ3n) is 4.92. The van der Waals surface area contributed by atoms with Gasteiger partial charge in [-0.1, -0.05) is 38.3 Å². The van der Waals surface area contributed by atoms with E-state index in [1.54, 1.807) is 0 Å². The highest BCUT2D eigenvalue weighted by Gasteiger charge is 2.27. The summed E-state index contributed by atoms with van der Waals surface area (Å²) in [6.07, 6.45) is 15.9. The Morgan fingerprint density at radius 2 is 2.12 bits per heavy atom. The zero-order valence-electron chi connectivity index (χ0n) is 16.2. The van der Waals surface area contributed by atoms with Crippen molar-refractivity contribution in [2.75, 3.05) is 20.7 Å². The minimum atomic E-state index is -0.0629. The van der Waals surface area contributed by atoms with Crippen LogP contribution in [0.15, 0.2) is 23.9 Å². The maximum atomic E-state index is 12.1. The highest BCUT2D eigenvalue weighted by atomic mass is 16.7. The Bertz CT molecular complexity index is 464. The summed E-state index contributed by atoms with van der Waals surface area (Å²) < 4.78 is 12.0. The van der Waals surface area contributed by atoms with Crippen molar-refractivity contribution >= 4 is 5.78 Å². The van der Waals surface area contributed by atoms with Crippen molar-refractivity contribution < 1.29 is 14.3 Å². The SMILES string of the molecule is CCCCCC(C=CC1CCC(=O)/C1=C/N(C)C)OC1CCCCO1. The maximum absolute atomic E-state index is 12.1. The van der Waals surface area contributed by atoms with E-state index in [0.717, 1.165) is 37.9 Å². The third kappa shape index (κ3) is 6.95. The average molecular weight is 350 g/mol. The summed E-state index contributed by atoms with van der Waals surface area (Å²) in [6, 6.07) is 0. The monoisotopic (exact) mass is 349 g/mol. The molecule has 142 valence electrons. The Morgan fingerprint density at radius 1 is 1.28 bits per heavy atom. The van der Waals surface area contributed by atoms with E-state index in [1.807, 2.05) is 25.2 Å². The van der Waals surface area contributed by atoms with E-state index in [1.165, 1.54) is 25.7 Å². The van der Waals surface area contributed by atoms with Gasteiger partial charge in [0.05, 0.1) is 6.10 Å². The van der Waals surface area contributed by atoms with Gasteiger partial charge in [-0.15, -0.1) is 0 Å². The molecule has 0 aromatic carbocycles.